The molecule has 19 aromatic rings. The minimum absolute atomic E-state index is 0.593. The highest BCUT2D eigenvalue weighted by Crippen LogP contribution is 2.63. The van der Waals surface area contributed by atoms with E-state index in [0.29, 0.717) is 0 Å². The SMILES string of the molecule is Cc1ccc(C2(c3ccc(C)cc3)c3ccccc3-c3ccc(-c4c5ccc(-c6ccc7c(c6)C(c6ccccc6)(c6ccccc6)c6ccccc6-7)cc5c(-c5ccc6c(c5)C(c5ccc(C)cc5)(c5ccc(C)cc5)c5ccccc5-6)c5ccc(-c6ccc7c(c6)C(c6ccccc6)(c6ccccc6)c6ccccc6-7)cc45)cc32)cc1. The summed E-state index contributed by atoms with van der Waals surface area (Å²) in [5, 5.41) is 4.71. The average Bonchev–Trinajstić information content (AvgIpc) is 1.50. The van der Waals surface area contributed by atoms with Crippen LogP contribution in [-0.4, -0.2) is 0 Å². The predicted molar refractivity (Wildman–Crippen MR) is 491 cm³/mol. The number of fused-ring (bicyclic) bond motifs is 14. The van der Waals surface area contributed by atoms with Crippen LogP contribution < -0.4 is 0 Å². The quantitative estimate of drug-likeness (QED) is 0.107. The maximum atomic E-state index is 2.61. The van der Waals surface area contributed by atoms with Gasteiger partial charge in [0.15, 0.2) is 0 Å². The Morgan fingerprint density at radius 2 is 0.331 bits per heavy atom. The number of aryl methyl sites for hydroxylation is 4. The fourth-order valence-corrected chi connectivity index (χ4v) is 22.1. The summed E-state index contributed by atoms with van der Waals surface area (Å²) in [6.45, 7) is 8.83. The van der Waals surface area contributed by atoms with Crippen molar-refractivity contribution in [3.63, 3.8) is 0 Å². The smallest absolute Gasteiger partial charge is 0.0622 e. The molecule has 0 amide bonds. The van der Waals surface area contributed by atoms with Gasteiger partial charge in [-0.15, -0.1) is 0 Å². The molecule has 4 aliphatic carbocycles. The third kappa shape index (κ3) is 9.84. The molecule has 0 aromatic heterocycles. The van der Waals surface area contributed by atoms with Crippen LogP contribution in [0.4, 0.5) is 0 Å². The van der Waals surface area contributed by atoms with Crippen LogP contribution in [0.1, 0.15) is 111 Å². The summed E-state index contributed by atoms with van der Waals surface area (Å²) in [6.07, 6.45) is 0. The van der Waals surface area contributed by atoms with Crippen molar-refractivity contribution < 1.29 is 0 Å². The van der Waals surface area contributed by atoms with E-state index in [2.05, 4.69) is 452 Å². The Morgan fingerprint density at radius 3 is 0.593 bits per heavy atom. The first kappa shape index (κ1) is 69.2. The van der Waals surface area contributed by atoms with Crippen molar-refractivity contribution in [1.29, 1.82) is 0 Å². The van der Waals surface area contributed by atoms with Crippen LogP contribution in [0.15, 0.2) is 425 Å². The molecule has 0 unspecified atom stereocenters. The minimum atomic E-state index is -0.662. The van der Waals surface area contributed by atoms with E-state index < -0.39 is 21.7 Å². The van der Waals surface area contributed by atoms with Crippen LogP contribution in [0.2, 0.25) is 0 Å². The van der Waals surface area contributed by atoms with Crippen molar-refractivity contribution in [3.8, 4) is 89.0 Å². The summed E-state index contributed by atoms with van der Waals surface area (Å²) < 4.78 is 0. The van der Waals surface area contributed by atoms with Gasteiger partial charge in [0.2, 0.25) is 0 Å². The van der Waals surface area contributed by atoms with Crippen LogP contribution in [0, 0.1) is 27.7 Å². The molecule has 0 nitrogen and oxygen atoms in total. The Kier molecular flexibility index (Phi) is 15.6. The van der Waals surface area contributed by atoms with Crippen molar-refractivity contribution in [2.24, 2.45) is 0 Å². The molecule has 0 fully saturated rings. The highest BCUT2D eigenvalue weighted by Gasteiger charge is 2.51. The second-order valence-corrected chi connectivity index (χ2v) is 33.4. The van der Waals surface area contributed by atoms with E-state index in [-0.39, 0.29) is 0 Å². The van der Waals surface area contributed by atoms with Crippen molar-refractivity contribution in [3.05, 3.63) is 536 Å². The summed E-state index contributed by atoms with van der Waals surface area (Å²) in [6, 6.07) is 164. The van der Waals surface area contributed by atoms with Gasteiger partial charge in [0.05, 0.1) is 21.7 Å². The lowest BCUT2D eigenvalue weighted by Crippen LogP contribution is -2.28. The second-order valence-electron chi connectivity index (χ2n) is 33.4. The van der Waals surface area contributed by atoms with Crippen LogP contribution in [-0.2, 0) is 21.7 Å². The monoisotopic (exact) mass is 1500 g/mol. The van der Waals surface area contributed by atoms with Gasteiger partial charge in [-0.3, -0.25) is 0 Å². The molecular formula is C118H82. The summed E-state index contributed by atoms with van der Waals surface area (Å²) in [7, 11) is 0. The van der Waals surface area contributed by atoms with Gasteiger partial charge in [0.1, 0.15) is 0 Å². The van der Waals surface area contributed by atoms with Gasteiger partial charge in [-0.05, 0) is 264 Å². The molecule has 0 N–H and O–H groups in total. The Balaban J connectivity index is 0.845. The summed E-state index contributed by atoms with van der Waals surface area (Å²) in [4.78, 5) is 0. The van der Waals surface area contributed by atoms with E-state index in [1.165, 1.54) is 188 Å². The lowest BCUT2D eigenvalue weighted by atomic mass is 9.67. The van der Waals surface area contributed by atoms with Crippen LogP contribution in [0.25, 0.3) is 111 Å². The molecule has 0 heteroatoms. The van der Waals surface area contributed by atoms with Crippen molar-refractivity contribution in [2.45, 2.75) is 49.4 Å². The van der Waals surface area contributed by atoms with Gasteiger partial charge >= 0.3 is 0 Å². The first-order valence-corrected chi connectivity index (χ1v) is 41.7. The minimum Gasteiger partial charge on any atom is -0.0622 e. The Morgan fingerprint density at radius 1 is 0.136 bits per heavy atom. The lowest BCUT2D eigenvalue weighted by Gasteiger charge is -2.34. The Hall–Kier alpha value is -14.3. The highest BCUT2D eigenvalue weighted by atomic mass is 14.5. The molecule has 118 heavy (non-hydrogen) atoms. The van der Waals surface area contributed by atoms with E-state index in [4.69, 9.17) is 0 Å². The molecule has 0 atom stereocenters. The zero-order valence-electron chi connectivity index (χ0n) is 66.4. The van der Waals surface area contributed by atoms with E-state index in [1.54, 1.807) is 0 Å². The molecule has 0 aliphatic heterocycles. The van der Waals surface area contributed by atoms with Crippen LogP contribution >= 0.6 is 0 Å². The molecule has 554 valence electrons. The van der Waals surface area contributed by atoms with Gasteiger partial charge in [0.25, 0.3) is 0 Å². The first-order chi connectivity index (χ1) is 58.1. The van der Waals surface area contributed by atoms with Crippen LogP contribution in [0.5, 0.6) is 0 Å². The fourth-order valence-electron chi connectivity index (χ4n) is 22.1. The number of hydrogen-bond acceptors (Lipinski definition) is 0. The summed E-state index contributed by atoms with van der Waals surface area (Å²) in [5.41, 5.74) is 42.0. The Labute approximate surface area is 691 Å². The molecule has 0 heterocycles. The molecule has 0 bridgehead atoms. The maximum Gasteiger partial charge on any atom is 0.0713 e. The summed E-state index contributed by atoms with van der Waals surface area (Å²) in [5.74, 6) is 0. The van der Waals surface area contributed by atoms with Gasteiger partial charge < -0.3 is 0 Å². The topological polar surface area (TPSA) is 0 Å². The molecule has 0 saturated heterocycles. The van der Waals surface area contributed by atoms with Crippen molar-refractivity contribution in [2.75, 3.05) is 0 Å². The van der Waals surface area contributed by atoms with Gasteiger partial charge in [-0.2, -0.15) is 0 Å². The maximum absolute atomic E-state index is 2.61. The lowest BCUT2D eigenvalue weighted by molar-refractivity contribution is 0.768. The third-order valence-electron chi connectivity index (χ3n) is 27.3. The third-order valence-corrected chi connectivity index (χ3v) is 27.3. The van der Waals surface area contributed by atoms with Gasteiger partial charge in [0, 0.05) is 0 Å². The number of benzene rings is 19. The van der Waals surface area contributed by atoms with E-state index >= 15 is 0 Å². The van der Waals surface area contributed by atoms with Crippen molar-refractivity contribution in [1.82, 2.24) is 0 Å². The zero-order chi connectivity index (χ0) is 78.6. The highest BCUT2D eigenvalue weighted by molar-refractivity contribution is 6.23. The van der Waals surface area contributed by atoms with Gasteiger partial charge in [-0.1, -0.05) is 411 Å². The zero-order valence-corrected chi connectivity index (χ0v) is 66.4. The molecule has 4 aliphatic rings. The largest absolute Gasteiger partial charge is 0.0713 e. The average molecular weight is 1500 g/mol. The molecule has 0 spiro atoms. The Bertz CT molecular complexity index is 6660. The molecule has 19 aromatic carbocycles. The normalized spacial score (nSPS) is 14.2. The first-order valence-electron chi connectivity index (χ1n) is 41.7. The molecule has 0 radical (unpaired) electrons. The van der Waals surface area contributed by atoms with E-state index in [9.17, 15) is 0 Å². The number of rotatable bonds is 12. The second kappa shape index (κ2) is 26.6. The number of hydrogen-bond donors (Lipinski definition) is 0. The van der Waals surface area contributed by atoms with Gasteiger partial charge in [-0.25, -0.2) is 0 Å². The standard InChI is InChI=1S/C118H82/c1-75-41-55-89(56-42-75)117(90-57-43-76(2)44-58-90)107-39-23-19-35-95(107)99-65-53-83(73-111(99)117)113-101-67-51-80(82-50-64-98-94-34-18-22-38-106(94)116(110(98)72-82,87-29-13-7-14-30-87)88-31-15-8-16-32-88)70-104(101)114(84-54-66-100-96-36-20-24-40-108(96)118(112(100)74-84,91-59-45-77(3)46-60-91)92-61-47-78(4)48-62-92)102-68-52-79(69-103(102)113)81-49-63-97-93-33-17-21-37-105(93)115(109(97)71-81,85-25-9-5-10-26-85)86-27-11-6-12-28-86/h5-74H,1-4H3. The van der Waals surface area contributed by atoms with E-state index in [0.717, 1.165) is 33.4 Å². The van der Waals surface area contributed by atoms with E-state index in [1.807, 2.05) is 0 Å². The predicted octanol–water partition coefficient (Wildman–Crippen LogP) is 29.3. The van der Waals surface area contributed by atoms with Crippen molar-refractivity contribution >= 4 is 21.5 Å². The molecule has 23 rings (SSSR count). The van der Waals surface area contributed by atoms with Crippen LogP contribution in [0.3, 0.4) is 0 Å². The summed E-state index contributed by atoms with van der Waals surface area (Å²) >= 11 is 0. The molecular weight excluding hydrogens is 1420 g/mol. The molecule has 0 saturated carbocycles. The fraction of sp³-hybridized carbons (Fsp3) is 0.0678.